The van der Waals surface area contributed by atoms with E-state index in [2.05, 4.69) is 5.32 Å². The predicted molar refractivity (Wildman–Crippen MR) is 89.7 cm³/mol. The number of hydrogen-bond acceptors (Lipinski definition) is 4. The zero-order valence-corrected chi connectivity index (χ0v) is 13.5. The van der Waals surface area contributed by atoms with Crippen molar-refractivity contribution in [3.63, 3.8) is 0 Å². The monoisotopic (exact) mass is 323 g/mol. The quantitative estimate of drug-likeness (QED) is 0.747. The molecule has 2 aromatic rings. The van der Waals surface area contributed by atoms with Crippen molar-refractivity contribution >= 4 is 34.3 Å². The van der Waals surface area contributed by atoms with E-state index in [1.807, 2.05) is 48.3 Å². The topological polar surface area (TPSA) is 69.7 Å². The molecule has 2 aliphatic heterocycles. The number of nitrogens with one attached hydrogen (secondary N) is 1. The third-order valence-electron chi connectivity index (χ3n) is 5.09. The van der Waals surface area contributed by atoms with Gasteiger partial charge in [0.1, 0.15) is 5.41 Å². The molecule has 0 bridgehead atoms. The molecule has 1 fully saturated rings. The van der Waals surface area contributed by atoms with Crippen molar-refractivity contribution < 1.29 is 14.4 Å². The molecular formula is C18H17N3O3. The van der Waals surface area contributed by atoms with Crippen molar-refractivity contribution in [2.75, 3.05) is 25.5 Å². The van der Waals surface area contributed by atoms with Gasteiger partial charge in [0.05, 0.1) is 0 Å². The normalized spacial score (nSPS) is 23.7. The van der Waals surface area contributed by atoms with E-state index in [9.17, 15) is 14.4 Å². The van der Waals surface area contributed by atoms with Gasteiger partial charge >= 0.3 is 6.03 Å². The summed E-state index contributed by atoms with van der Waals surface area (Å²) in [5, 5.41) is 4.41. The van der Waals surface area contributed by atoms with Gasteiger partial charge in [-0.25, -0.2) is 4.79 Å². The van der Waals surface area contributed by atoms with Crippen LogP contribution in [-0.2, 0) is 16.0 Å². The van der Waals surface area contributed by atoms with Crippen LogP contribution in [0.15, 0.2) is 36.4 Å². The molecule has 4 amide bonds. The average Bonchev–Trinajstić information content (AvgIpc) is 2.58. The van der Waals surface area contributed by atoms with E-state index in [0.29, 0.717) is 0 Å². The van der Waals surface area contributed by atoms with Crippen molar-refractivity contribution in [3.8, 4) is 0 Å². The summed E-state index contributed by atoms with van der Waals surface area (Å²) in [6, 6.07) is 11.3. The summed E-state index contributed by atoms with van der Waals surface area (Å²) in [4.78, 5) is 40.1. The Hall–Kier alpha value is -2.89. The minimum absolute atomic E-state index is 0.251. The molecule has 0 radical (unpaired) electrons. The highest BCUT2D eigenvalue weighted by Crippen LogP contribution is 2.41. The molecule has 1 spiro atoms. The zero-order chi connectivity index (χ0) is 17.1. The van der Waals surface area contributed by atoms with Gasteiger partial charge in [-0.3, -0.25) is 19.8 Å². The fourth-order valence-corrected chi connectivity index (χ4v) is 3.82. The van der Waals surface area contributed by atoms with Crippen LogP contribution in [0, 0.1) is 5.41 Å². The molecule has 2 aromatic carbocycles. The number of hydrogen-bond donors (Lipinski definition) is 1. The Labute approximate surface area is 139 Å². The van der Waals surface area contributed by atoms with E-state index in [4.69, 9.17) is 0 Å². The molecule has 2 heterocycles. The van der Waals surface area contributed by atoms with Gasteiger partial charge in [0.15, 0.2) is 0 Å². The molecule has 0 unspecified atom stereocenters. The number of rotatable bonds is 0. The van der Waals surface area contributed by atoms with Crippen LogP contribution in [0.25, 0.3) is 10.8 Å². The van der Waals surface area contributed by atoms with Gasteiger partial charge in [-0.15, -0.1) is 0 Å². The van der Waals surface area contributed by atoms with E-state index in [0.717, 1.165) is 26.9 Å². The second-order valence-corrected chi connectivity index (χ2v) is 6.52. The number of amides is 4. The van der Waals surface area contributed by atoms with Crippen LogP contribution in [0.5, 0.6) is 0 Å². The van der Waals surface area contributed by atoms with Crippen molar-refractivity contribution in [2.24, 2.45) is 5.41 Å². The number of benzene rings is 2. The first-order valence-corrected chi connectivity index (χ1v) is 7.79. The number of imide groups is 2. The SMILES string of the molecule is CN1C(=O)NC(=O)[C@@]2(Cc3c(ccc4ccccc34)N(C)C2)C1=O. The van der Waals surface area contributed by atoms with E-state index in [1.54, 1.807) is 0 Å². The highest BCUT2D eigenvalue weighted by Gasteiger charge is 2.55. The molecule has 6 nitrogen and oxygen atoms in total. The maximum Gasteiger partial charge on any atom is 0.330 e. The smallest absolute Gasteiger partial charge is 0.330 e. The van der Waals surface area contributed by atoms with Crippen LogP contribution in [-0.4, -0.2) is 43.4 Å². The number of carbonyl (C=O) groups excluding carboxylic acids is 3. The van der Waals surface area contributed by atoms with Gasteiger partial charge < -0.3 is 4.90 Å². The average molecular weight is 323 g/mol. The number of urea groups is 1. The Morgan fingerprint density at radius 3 is 2.58 bits per heavy atom. The molecule has 6 heteroatoms. The minimum Gasteiger partial charge on any atom is -0.373 e. The molecule has 2 aliphatic rings. The first kappa shape index (κ1) is 14.7. The van der Waals surface area contributed by atoms with Gasteiger partial charge in [-0.05, 0) is 22.4 Å². The molecule has 24 heavy (non-hydrogen) atoms. The van der Waals surface area contributed by atoms with Crippen molar-refractivity contribution in [1.82, 2.24) is 10.2 Å². The number of barbiturate groups is 1. The third-order valence-corrected chi connectivity index (χ3v) is 5.09. The van der Waals surface area contributed by atoms with Gasteiger partial charge in [0, 0.05) is 32.7 Å². The Kier molecular flexibility index (Phi) is 2.94. The first-order chi connectivity index (χ1) is 11.4. The van der Waals surface area contributed by atoms with E-state index in [-0.39, 0.29) is 13.0 Å². The lowest BCUT2D eigenvalue weighted by atomic mass is 9.73. The van der Waals surface area contributed by atoms with Crippen LogP contribution in [0.4, 0.5) is 10.5 Å². The lowest BCUT2D eigenvalue weighted by molar-refractivity contribution is -0.150. The van der Waals surface area contributed by atoms with Crippen molar-refractivity contribution in [2.45, 2.75) is 6.42 Å². The van der Waals surface area contributed by atoms with Crippen LogP contribution in [0.2, 0.25) is 0 Å². The van der Waals surface area contributed by atoms with Gasteiger partial charge in [-0.2, -0.15) is 0 Å². The molecule has 0 aliphatic carbocycles. The molecule has 1 atom stereocenters. The summed E-state index contributed by atoms with van der Waals surface area (Å²) in [6.45, 7) is 0.251. The molecule has 0 saturated carbocycles. The van der Waals surface area contributed by atoms with Crippen molar-refractivity contribution in [1.29, 1.82) is 0 Å². The van der Waals surface area contributed by atoms with Crippen LogP contribution in [0.3, 0.4) is 0 Å². The van der Waals surface area contributed by atoms with Crippen LogP contribution >= 0.6 is 0 Å². The number of fused-ring (bicyclic) bond motifs is 3. The van der Waals surface area contributed by atoms with E-state index < -0.39 is 23.3 Å². The predicted octanol–water partition coefficient (Wildman–Crippen LogP) is 1.53. The number of nitrogens with zero attached hydrogens (tertiary/aromatic N) is 2. The summed E-state index contributed by atoms with van der Waals surface area (Å²) in [5.74, 6) is -0.956. The van der Waals surface area contributed by atoms with Crippen LogP contribution in [0.1, 0.15) is 5.56 Å². The van der Waals surface area contributed by atoms with E-state index >= 15 is 0 Å². The Morgan fingerprint density at radius 2 is 1.79 bits per heavy atom. The maximum atomic E-state index is 12.8. The fourth-order valence-electron chi connectivity index (χ4n) is 3.82. The Balaban J connectivity index is 1.92. The zero-order valence-electron chi connectivity index (χ0n) is 13.5. The molecule has 1 saturated heterocycles. The highest BCUT2D eigenvalue weighted by atomic mass is 16.2. The summed E-state index contributed by atoms with van der Waals surface area (Å²) in [6.07, 6.45) is 0.288. The number of anilines is 1. The second kappa shape index (κ2) is 4.80. The largest absolute Gasteiger partial charge is 0.373 e. The summed E-state index contributed by atoms with van der Waals surface area (Å²) in [7, 11) is 3.27. The van der Waals surface area contributed by atoms with Crippen molar-refractivity contribution in [3.05, 3.63) is 42.0 Å². The second-order valence-electron chi connectivity index (χ2n) is 6.52. The lowest BCUT2D eigenvalue weighted by Crippen LogP contribution is -2.67. The Morgan fingerprint density at radius 1 is 1.04 bits per heavy atom. The summed E-state index contributed by atoms with van der Waals surface area (Å²) >= 11 is 0. The van der Waals surface area contributed by atoms with Gasteiger partial charge in [-0.1, -0.05) is 30.3 Å². The summed E-state index contributed by atoms with van der Waals surface area (Å²) in [5.41, 5.74) is 0.710. The standard InChI is InChI=1S/C18H17N3O3/c1-20-10-18(15(22)19-17(24)21(2)16(18)23)9-13-12-6-4-3-5-11(12)7-8-14(13)20/h3-8H,9-10H2,1-2H3,(H,19,22,24)/t18-/m0/s1. The minimum atomic E-state index is -1.27. The lowest BCUT2D eigenvalue weighted by Gasteiger charge is -2.44. The van der Waals surface area contributed by atoms with Gasteiger partial charge in [0.25, 0.3) is 0 Å². The first-order valence-electron chi connectivity index (χ1n) is 7.79. The Bertz CT molecular complexity index is 908. The summed E-state index contributed by atoms with van der Waals surface area (Å²) < 4.78 is 0. The molecule has 0 aromatic heterocycles. The molecular weight excluding hydrogens is 306 g/mol. The highest BCUT2D eigenvalue weighted by molar-refractivity contribution is 6.20. The molecule has 122 valence electrons. The maximum absolute atomic E-state index is 12.8. The van der Waals surface area contributed by atoms with E-state index in [1.165, 1.54) is 7.05 Å². The van der Waals surface area contributed by atoms with Gasteiger partial charge in [0.2, 0.25) is 11.8 Å². The number of carbonyl (C=O) groups is 3. The third kappa shape index (κ3) is 1.79. The van der Waals surface area contributed by atoms with Crippen LogP contribution < -0.4 is 10.2 Å². The molecule has 1 N–H and O–H groups in total. The fraction of sp³-hybridized carbons (Fsp3) is 0.278. The molecule has 4 rings (SSSR count).